The quantitative estimate of drug-likeness (QED) is 0.836. The number of aryl methyl sites for hydroxylation is 2. The van der Waals surface area contributed by atoms with E-state index in [1.54, 1.807) is 12.1 Å². The van der Waals surface area contributed by atoms with Crippen molar-refractivity contribution in [3.05, 3.63) is 28.8 Å². The Bertz CT molecular complexity index is 538. The van der Waals surface area contributed by atoms with Gasteiger partial charge in [-0.25, -0.2) is 0 Å². The van der Waals surface area contributed by atoms with Gasteiger partial charge in [0.2, 0.25) is 0 Å². The Morgan fingerprint density at radius 1 is 1.33 bits per heavy atom. The molecule has 4 nitrogen and oxygen atoms in total. The molecule has 0 bridgehead atoms. The summed E-state index contributed by atoms with van der Waals surface area (Å²) in [5, 5.41) is 12.0. The van der Waals surface area contributed by atoms with E-state index in [1.807, 2.05) is 34.9 Å². The van der Waals surface area contributed by atoms with Crippen LogP contribution in [0.5, 0.6) is 0 Å². The van der Waals surface area contributed by atoms with Gasteiger partial charge in [0.05, 0.1) is 32.3 Å². The molecule has 1 unspecified atom stereocenters. The molecule has 0 saturated heterocycles. The van der Waals surface area contributed by atoms with Crippen LogP contribution in [0.2, 0.25) is 0 Å². The van der Waals surface area contributed by atoms with Gasteiger partial charge >= 0.3 is 0 Å². The molecule has 0 aliphatic carbocycles. The summed E-state index contributed by atoms with van der Waals surface area (Å²) >= 11 is 0. The summed E-state index contributed by atoms with van der Waals surface area (Å²) in [6.45, 7) is 8.72. The fraction of sp³-hybridized carbons (Fsp3) is 0.500. The second-order valence-corrected chi connectivity index (χ2v) is 5.86. The average Bonchev–Trinajstić information content (AvgIpc) is 2.41. The molecule has 0 aliphatic rings. The standard InChI is InChI=1S/C16H23N3O.Y/c1-7-19(5,6)13(4)16(20)18-15-11(2)8-14(10-17)9-12(15)3;/h8-9,13H,7H2,1-6H3;/p+1. The zero-order valence-electron chi connectivity index (χ0n) is 13.8. The van der Waals surface area contributed by atoms with E-state index in [-0.39, 0.29) is 44.7 Å². The molecule has 0 fully saturated rings. The molecule has 5 heteroatoms. The van der Waals surface area contributed by atoms with Gasteiger partial charge in [0, 0.05) is 38.4 Å². The van der Waals surface area contributed by atoms with Crippen molar-refractivity contribution >= 4 is 11.6 Å². The predicted molar refractivity (Wildman–Crippen MR) is 81.4 cm³/mol. The molecule has 0 heterocycles. The Hall–Kier alpha value is -0.756. The minimum Gasteiger partial charge on any atom is -0.320 e. The SMILES string of the molecule is CC[N+](C)(C)C(C)C(=O)Nc1c(C)cc(C#N)cc1C.[Y]. The smallest absolute Gasteiger partial charge is 0.282 e. The molecule has 1 atom stereocenters. The van der Waals surface area contributed by atoms with Crippen LogP contribution in [-0.2, 0) is 37.5 Å². The summed E-state index contributed by atoms with van der Waals surface area (Å²) in [6.07, 6.45) is 0. The van der Waals surface area contributed by atoms with Crippen LogP contribution in [-0.4, -0.2) is 37.1 Å². The Morgan fingerprint density at radius 2 is 1.81 bits per heavy atom. The summed E-state index contributed by atoms with van der Waals surface area (Å²) in [7, 11) is 4.09. The summed E-state index contributed by atoms with van der Waals surface area (Å²) in [5.74, 6) is 0.00718. The van der Waals surface area contributed by atoms with Gasteiger partial charge in [-0.1, -0.05) is 0 Å². The third kappa shape index (κ3) is 4.88. The Balaban J connectivity index is 0.00000400. The second kappa shape index (κ2) is 8.03. The van der Waals surface area contributed by atoms with Gasteiger partial charge < -0.3 is 9.80 Å². The molecule has 0 spiro atoms. The van der Waals surface area contributed by atoms with Crippen molar-refractivity contribution in [1.82, 2.24) is 0 Å². The molecule has 1 amide bonds. The van der Waals surface area contributed by atoms with Crippen molar-refractivity contribution in [2.75, 3.05) is 26.0 Å². The van der Waals surface area contributed by atoms with E-state index in [0.29, 0.717) is 10.0 Å². The zero-order valence-corrected chi connectivity index (χ0v) is 16.7. The van der Waals surface area contributed by atoms with Crippen molar-refractivity contribution < 1.29 is 42.0 Å². The molecule has 1 rings (SSSR count). The van der Waals surface area contributed by atoms with E-state index in [1.165, 1.54) is 0 Å². The Labute approximate surface area is 153 Å². The molecule has 21 heavy (non-hydrogen) atoms. The summed E-state index contributed by atoms with van der Waals surface area (Å²) in [5.41, 5.74) is 3.28. The zero-order chi connectivity index (χ0) is 15.5. The van der Waals surface area contributed by atoms with Crippen LogP contribution < -0.4 is 5.32 Å². The van der Waals surface area contributed by atoms with Crippen molar-refractivity contribution in [3.8, 4) is 6.07 Å². The number of quaternary nitrogens is 1. The largest absolute Gasteiger partial charge is 0.320 e. The van der Waals surface area contributed by atoms with Crippen LogP contribution in [0, 0.1) is 25.2 Å². The predicted octanol–water partition coefficient (Wildman–Crippen LogP) is 2.60. The minimum atomic E-state index is -0.130. The number of nitrogens with one attached hydrogen (secondary N) is 1. The average molecular weight is 363 g/mol. The van der Waals surface area contributed by atoms with Gasteiger partial charge in [-0.15, -0.1) is 0 Å². The molecule has 1 N–H and O–H groups in total. The molecular weight excluding hydrogens is 339 g/mol. The topological polar surface area (TPSA) is 52.9 Å². The molecule has 0 saturated carbocycles. The van der Waals surface area contributed by atoms with Crippen LogP contribution in [0.25, 0.3) is 0 Å². The van der Waals surface area contributed by atoms with Crippen molar-refractivity contribution in [2.24, 2.45) is 0 Å². The van der Waals surface area contributed by atoms with Gasteiger partial charge in [-0.05, 0) is 51.0 Å². The number of amides is 1. The van der Waals surface area contributed by atoms with Crippen LogP contribution in [0.15, 0.2) is 12.1 Å². The molecule has 0 aromatic heterocycles. The Kier molecular flexibility index (Phi) is 7.74. The first kappa shape index (κ1) is 20.2. The first-order valence-corrected chi connectivity index (χ1v) is 6.87. The number of nitriles is 1. The number of hydrogen-bond donors (Lipinski definition) is 1. The van der Waals surface area contributed by atoms with Gasteiger partial charge in [-0.3, -0.25) is 4.79 Å². The maximum Gasteiger partial charge on any atom is 0.282 e. The summed E-state index contributed by atoms with van der Waals surface area (Å²) < 4.78 is 0.639. The number of benzene rings is 1. The number of nitrogens with zero attached hydrogens (tertiary/aromatic N) is 2. The number of carbonyl (C=O) groups excluding carboxylic acids is 1. The van der Waals surface area contributed by atoms with Crippen LogP contribution in [0.4, 0.5) is 5.69 Å². The summed E-state index contributed by atoms with van der Waals surface area (Å²) in [4.78, 5) is 12.4. The molecule has 111 valence electrons. The molecule has 1 aromatic rings. The van der Waals surface area contributed by atoms with Crippen molar-refractivity contribution in [3.63, 3.8) is 0 Å². The number of anilines is 1. The van der Waals surface area contributed by atoms with Crippen molar-refractivity contribution in [1.29, 1.82) is 5.26 Å². The molecule has 1 radical (unpaired) electrons. The molecular formula is C16H24N3OY+. The number of hydrogen-bond acceptors (Lipinski definition) is 2. The number of carbonyl (C=O) groups is 1. The van der Waals surface area contributed by atoms with E-state index in [4.69, 9.17) is 5.26 Å². The van der Waals surface area contributed by atoms with Crippen molar-refractivity contribution in [2.45, 2.75) is 33.7 Å². The first-order valence-electron chi connectivity index (χ1n) is 6.87. The van der Waals surface area contributed by atoms with Gasteiger partial charge in [0.25, 0.3) is 5.91 Å². The Morgan fingerprint density at radius 3 is 2.19 bits per heavy atom. The van der Waals surface area contributed by atoms with Crippen LogP contribution >= 0.6 is 0 Å². The van der Waals surface area contributed by atoms with Gasteiger partial charge in [0.15, 0.2) is 6.04 Å². The molecule has 0 aliphatic heterocycles. The van der Waals surface area contributed by atoms with Gasteiger partial charge in [-0.2, -0.15) is 5.26 Å². The fourth-order valence-corrected chi connectivity index (χ4v) is 2.04. The monoisotopic (exact) mass is 363 g/mol. The molecule has 1 aromatic carbocycles. The van der Waals surface area contributed by atoms with E-state index >= 15 is 0 Å². The number of rotatable bonds is 4. The van der Waals surface area contributed by atoms with E-state index in [9.17, 15) is 4.79 Å². The second-order valence-electron chi connectivity index (χ2n) is 5.86. The van der Waals surface area contributed by atoms with E-state index < -0.39 is 0 Å². The fourth-order valence-electron chi connectivity index (χ4n) is 2.04. The first-order chi connectivity index (χ1) is 9.22. The maximum atomic E-state index is 12.4. The third-order valence-corrected chi connectivity index (χ3v) is 4.15. The van der Waals surface area contributed by atoms with Crippen LogP contribution in [0.3, 0.4) is 0 Å². The van der Waals surface area contributed by atoms with Crippen LogP contribution in [0.1, 0.15) is 30.5 Å². The maximum absolute atomic E-state index is 12.4. The third-order valence-electron chi connectivity index (χ3n) is 4.15. The van der Waals surface area contributed by atoms with Gasteiger partial charge in [0.1, 0.15) is 0 Å². The van der Waals surface area contributed by atoms with E-state index in [2.05, 4.69) is 18.3 Å². The minimum absolute atomic E-state index is 0. The number of likely N-dealkylation sites (N-methyl/N-ethyl adjacent to an activating group) is 1. The van der Waals surface area contributed by atoms with E-state index in [0.717, 1.165) is 23.4 Å². The normalized spacial score (nSPS) is 12.0. The summed E-state index contributed by atoms with van der Waals surface area (Å²) in [6, 6.07) is 5.60.